The number of hydrogen-bond acceptors (Lipinski definition) is 2. The van der Waals surface area contributed by atoms with Crippen LogP contribution in [0, 0.1) is 5.92 Å². The van der Waals surface area contributed by atoms with Crippen molar-refractivity contribution in [3.63, 3.8) is 0 Å². The fraction of sp³-hybridized carbons (Fsp3) is 0.263. The monoisotopic (exact) mass is 301 g/mol. The summed E-state index contributed by atoms with van der Waals surface area (Å²) in [4.78, 5) is 0. The second kappa shape index (κ2) is 10.4. The summed E-state index contributed by atoms with van der Waals surface area (Å²) in [5.74, 6) is -0.0308. The minimum Gasteiger partial charge on any atom is -0.501 e. The highest BCUT2D eigenvalue weighted by Gasteiger charge is 1.89. The van der Waals surface area contributed by atoms with Gasteiger partial charge < -0.3 is 10.5 Å². The predicted octanol–water partition coefficient (Wildman–Crippen LogP) is 3.15. The Bertz CT molecular complexity index is 642. The van der Waals surface area contributed by atoms with Crippen molar-refractivity contribution in [3.8, 4) is 0 Å². The lowest BCUT2D eigenvalue weighted by Gasteiger charge is -1.96. The summed E-state index contributed by atoms with van der Waals surface area (Å²) < 4.78 is 18.6. The van der Waals surface area contributed by atoms with Crippen molar-refractivity contribution in [2.45, 2.75) is 20.3 Å². The zero-order valence-electron chi connectivity index (χ0n) is 13.2. The van der Waals surface area contributed by atoms with E-state index in [4.69, 9.17) is 10.5 Å². The standard InChI is InChI=1S/C19H24FNO/c1-16(2)14-19(20)11-5-6-12-22-13-7-10-17-8-3-4-9-18(17)15-21/h3-6,8-12,14-16H,7,13,21H2,1-2H3/b11-5-,12-6+,17-10-,18-15-,19-14-. The number of halogens is 1. The molecule has 2 nitrogen and oxygen atoms in total. The maximum absolute atomic E-state index is 13.2. The van der Waals surface area contributed by atoms with Crippen LogP contribution in [0.3, 0.4) is 0 Å². The van der Waals surface area contributed by atoms with E-state index in [1.165, 1.54) is 6.08 Å². The van der Waals surface area contributed by atoms with Crippen molar-refractivity contribution in [1.29, 1.82) is 0 Å². The van der Waals surface area contributed by atoms with E-state index in [1.54, 1.807) is 30.7 Å². The van der Waals surface area contributed by atoms with Crippen LogP contribution in [0.25, 0.3) is 12.3 Å². The molecule has 0 spiro atoms. The number of rotatable bonds is 7. The molecule has 1 aromatic carbocycles. The Balaban J connectivity index is 2.37. The highest BCUT2D eigenvalue weighted by Crippen LogP contribution is 2.04. The molecule has 0 heterocycles. The van der Waals surface area contributed by atoms with Gasteiger partial charge in [-0.15, -0.1) is 0 Å². The average molecular weight is 301 g/mol. The minimum atomic E-state index is -0.234. The lowest BCUT2D eigenvalue weighted by molar-refractivity contribution is 0.259. The quantitative estimate of drug-likeness (QED) is 0.477. The van der Waals surface area contributed by atoms with Crippen LogP contribution in [0.1, 0.15) is 20.3 Å². The second-order valence-corrected chi connectivity index (χ2v) is 5.14. The van der Waals surface area contributed by atoms with Gasteiger partial charge in [0.25, 0.3) is 0 Å². The molecular formula is C19H24FNO. The van der Waals surface area contributed by atoms with Crippen molar-refractivity contribution < 1.29 is 9.13 Å². The predicted molar refractivity (Wildman–Crippen MR) is 91.7 cm³/mol. The van der Waals surface area contributed by atoms with E-state index < -0.39 is 0 Å². The minimum absolute atomic E-state index is 0.203. The highest BCUT2D eigenvalue weighted by atomic mass is 19.1. The average Bonchev–Trinajstić information content (AvgIpc) is 2.49. The Hall–Kier alpha value is -2.29. The van der Waals surface area contributed by atoms with Gasteiger partial charge in [-0.25, -0.2) is 4.39 Å². The summed E-state index contributed by atoms with van der Waals surface area (Å²) in [5.41, 5.74) is 5.56. The van der Waals surface area contributed by atoms with Crippen LogP contribution < -0.4 is 16.2 Å². The lowest BCUT2D eigenvalue weighted by Crippen LogP contribution is -2.25. The molecule has 2 N–H and O–H groups in total. The van der Waals surface area contributed by atoms with Crippen molar-refractivity contribution >= 4 is 12.3 Å². The van der Waals surface area contributed by atoms with Gasteiger partial charge in [0.1, 0.15) is 5.83 Å². The number of hydrogen-bond donors (Lipinski definition) is 1. The Morgan fingerprint density at radius 2 is 1.95 bits per heavy atom. The molecule has 1 aromatic rings. The Morgan fingerprint density at radius 1 is 1.23 bits per heavy atom. The van der Waals surface area contributed by atoms with Gasteiger partial charge in [0.2, 0.25) is 0 Å². The summed E-state index contributed by atoms with van der Waals surface area (Å²) in [6.07, 6.45) is 12.3. The maximum atomic E-state index is 13.2. The van der Waals surface area contributed by atoms with E-state index >= 15 is 0 Å². The van der Waals surface area contributed by atoms with Crippen molar-refractivity contribution in [2.24, 2.45) is 11.7 Å². The Labute approximate surface area is 131 Å². The number of benzene rings is 1. The number of nitrogens with two attached hydrogens (primary N) is 1. The van der Waals surface area contributed by atoms with E-state index in [0.29, 0.717) is 6.61 Å². The van der Waals surface area contributed by atoms with Crippen LogP contribution in [0.4, 0.5) is 4.39 Å². The molecule has 0 atom stereocenters. The lowest BCUT2D eigenvalue weighted by atomic mass is 10.2. The van der Waals surface area contributed by atoms with Crippen molar-refractivity contribution in [2.75, 3.05) is 6.61 Å². The summed E-state index contributed by atoms with van der Waals surface area (Å²) in [7, 11) is 0. The van der Waals surface area contributed by atoms with E-state index in [0.717, 1.165) is 16.9 Å². The van der Waals surface area contributed by atoms with Gasteiger partial charge in [-0.1, -0.05) is 50.3 Å². The van der Waals surface area contributed by atoms with Gasteiger partial charge in [0.15, 0.2) is 0 Å². The van der Waals surface area contributed by atoms with Crippen LogP contribution in [0.15, 0.2) is 60.7 Å². The topological polar surface area (TPSA) is 35.2 Å². The van der Waals surface area contributed by atoms with Crippen LogP contribution in [0.5, 0.6) is 0 Å². The van der Waals surface area contributed by atoms with Crippen molar-refractivity contribution in [3.05, 3.63) is 71.1 Å². The van der Waals surface area contributed by atoms with E-state index in [9.17, 15) is 4.39 Å². The first-order valence-electron chi connectivity index (χ1n) is 7.43. The van der Waals surface area contributed by atoms with Gasteiger partial charge in [0, 0.05) is 12.6 Å². The van der Waals surface area contributed by atoms with Gasteiger partial charge >= 0.3 is 0 Å². The van der Waals surface area contributed by atoms with Crippen LogP contribution in [0.2, 0.25) is 0 Å². The van der Waals surface area contributed by atoms with Gasteiger partial charge in [-0.05, 0) is 34.6 Å². The summed E-state index contributed by atoms with van der Waals surface area (Å²) >= 11 is 0. The molecule has 22 heavy (non-hydrogen) atoms. The fourth-order valence-electron chi connectivity index (χ4n) is 1.82. The molecular weight excluding hydrogens is 277 g/mol. The second-order valence-electron chi connectivity index (χ2n) is 5.14. The third kappa shape index (κ3) is 7.48. The SMILES string of the molecule is CC(C)/C=C(F)/C=C\C=C\OCC/C=c1/cccc/c1=C/N. The van der Waals surface area contributed by atoms with Crippen LogP contribution in [-0.4, -0.2) is 6.61 Å². The zero-order valence-corrected chi connectivity index (χ0v) is 13.2. The largest absolute Gasteiger partial charge is 0.501 e. The maximum Gasteiger partial charge on any atom is 0.119 e. The summed E-state index contributed by atoms with van der Waals surface area (Å²) in [5, 5.41) is 2.10. The van der Waals surface area contributed by atoms with Gasteiger partial charge in [-0.2, -0.15) is 0 Å². The molecule has 0 radical (unpaired) electrons. The van der Waals surface area contributed by atoms with Crippen molar-refractivity contribution in [1.82, 2.24) is 0 Å². The molecule has 0 bridgehead atoms. The summed E-state index contributed by atoms with van der Waals surface area (Å²) in [6, 6.07) is 7.91. The summed E-state index contributed by atoms with van der Waals surface area (Å²) in [6.45, 7) is 4.43. The van der Waals surface area contributed by atoms with Gasteiger partial charge in [0.05, 0.1) is 12.9 Å². The number of allylic oxidation sites excluding steroid dienone is 5. The molecule has 0 aromatic heterocycles. The fourth-order valence-corrected chi connectivity index (χ4v) is 1.82. The zero-order chi connectivity index (χ0) is 16.2. The highest BCUT2D eigenvalue weighted by molar-refractivity contribution is 5.29. The molecule has 3 heteroatoms. The first-order valence-corrected chi connectivity index (χ1v) is 7.43. The van der Waals surface area contributed by atoms with Crippen LogP contribution >= 0.6 is 0 Å². The van der Waals surface area contributed by atoms with E-state index in [1.807, 2.05) is 38.1 Å². The number of ether oxygens (including phenoxy) is 1. The normalized spacial score (nSPS) is 14.6. The molecule has 0 aliphatic heterocycles. The van der Waals surface area contributed by atoms with Crippen LogP contribution in [-0.2, 0) is 4.74 Å². The molecule has 0 aliphatic rings. The third-order valence-corrected chi connectivity index (χ3v) is 2.81. The third-order valence-electron chi connectivity index (χ3n) is 2.81. The Kier molecular flexibility index (Phi) is 8.43. The van der Waals surface area contributed by atoms with E-state index in [2.05, 4.69) is 6.08 Å². The molecule has 0 aliphatic carbocycles. The Morgan fingerprint density at radius 3 is 2.64 bits per heavy atom. The molecule has 0 unspecified atom stereocenters. The molecule has 0 saturated heterocycles. The smallest absolute Gasteiger partial charge is 0.119 e. The molecule has 118 valence electrons. The first-order chi connectivity index (χ1) is 10.6. The molecule has 0 fully saturated rings. The van der Waals surface area contributed by atoms with E-state index in [-0.39, 0.29) is 11.7 Å². The molecule has 0 saturated carbocycles. The molecule has 1 rings (SSSR count). The molecule has 0 amide bonds. The first kappa shape index (κ1) is 17.8. The van der Waals surface area contributed by atoms with Gasteiger partial charge in [-0.3, -0.25) is 0 Å².